The van der Waals surface area contributed by atoms with Gasteiger partial charge in [-0.2, -0.15) is 0 Å². The number of carboxylic acids is 1. The summed E-state index contributed by atoms with van der Waals surface area (Å²) < 4.78 is 5.66. The van der Waals surface area contributed by atoms with Crippen LogP contribution >= 0.6 is 0 Å². The molecule has 2 N–H and O–H groups in total. The summed E-state index contributed by atoms with van der Waals surface area (Å²) in [5.41, 5.74) is 5.12. The minimum Gasteiger partial charge on any atom is -0.491 e. The van der Waals surface area contributed by atoms with Gasteiger partial charge in [0.15, 0.2) is 0 Å². The number of aryl methyl sites for hydroxylation is 2. The van der Waals surface area contributed by atoms with Crippen LogP contribution in [0.3, 0.4) is 0 Å². The highest BCUT2D eigenvalue weighted by atomic mass is 16.5. The molecule has 5 nitrogen and oxygen atoms in total. The normalized spacial score (nSPS) is 11.2. The number of aliphatic carboxylic acids is 1. The number of anilines is 1. The lowest BCUT2D eigenvalue weighted by atomic mass is 10.0. The van der Waals surface area contributed by atoms with Crippen molar-refractivity contribution >= 4 is 23.1 Å². The van der Waals surface area contributed by atoms with E-state index in [4.69, 9.17) is 9.84 Å². The molecule has 0 fully saturated rings. The molecule has 0 aliphatic rings. The van der Waals surface area contributed by atoms with Crippen molar-refractivity contribution in [2.24, 2.45) is 0 Å². The van der Waals surface area contributed by atoms with Gasteiger partial charge in [-0.05, 0) is 73.4 Å². The Kier molecular flexibility index (Phi) is 10.1. The Morgan fingerprint density at radius 2 is 1.46 bits per heavy atom. The zero-order chi connectivity index (χ0) is 24.9. The molecule has 0 aliphatic heterocycles. The van der Waals surface area contributed by atoms with Gasteiger partial charge in [0.2, 0.25) is 5.91 Å². The van der Waals surface area contributed by atoms with E-state index in [2.05, 4.69) is 53.8 Å². The highest BCUT2D eigenvalue weighted by Crippen LogP contribution is 2.24. The van der Waals surface area contributed by atoms with E-state index in [1.54, 1.807) is 18.2 Å². The summed E-state index contributed by atoms with van der Waals surface area (Å²) in [6.45, 7) is 2.19. The van der Waals surface area contributed by atoms with Gasteiger partial charge in [0, 0.05) is 12.5 Å². The Morgan fingerprint density at radius 3 is 2.14 bits per heavy atom. The largest absolute Gasteiger partial charge is 0.491 e. The number of unbranched alkanes of at least 4 members (excludes halogenated alkanes) is 1. The number of carbonyl (C=O) groups excluding carboxylic acids is 1. The van der Waals surface area contributed by atoms with E-state index in [0.29, 0.717) is 17.9 Å². The van der Waals surface area contributed by atoms with Crippen LogP contribution in [0.25, 0.3) is 5.57 Å². The molecular weight excluding hydrogens is 438 g/mol. The van der Waals surface area contributed by atoms with Crippen molar-refractivity contribution in [3.63, 3.8) is 0 Å². The maximum absolute atomic E-state index is 12.6. The smallest absolute Gasteiger partial charge is 0.303 e. The highest BCUT2D eigenvalue weighted by molar-refractivity contribution is 6.04. The van der Waals surface area contributed by atoms with Crippen LogP contribution in [0.5, 0.6) is 5.75 Å². The molecule has 5 heteroatoms. The fourth-order valence-electron chi connectivity index (χ4n) is 3.79. The molecular formula is C30H33NO4. The third-order valence-electron chi connectivity index (χ3n) is 5.72. The Labute approximate surface area is 207 Å². The van der Waals surface area contributed by atoms with Gasteiger partial charge < -0.3 is 15.2 Å². The number of hydrogen-bond acceptors (Lipinski definition) is 3. The van der Waals surface area contributed by atoms with Crippen molar-refractivity contribution in [2.75, 3.05) is 11.9 Å². The van der Waals surface area contributed by atoms with Gasteiger partial charge in [-0.15, -0.1) is 0 Å². The van der Waals surface area contributed by atoms with Crippen LogP contribution in [0.4, 0.5) is 5.69 Å². The molecule has 0 aromatic heterocycles. The zero-order valence-electron chi connectivity index (χ0n) is 20.2. The summed E-state index contributed by atoms with van der Waals surface area (Å²) in [6.07, 6.45) is 6.48. The van der Waals surface area contributed by atoms with Crippen LogP contribution in [0.15, 0.2) is 84.9 Å². The molecule has 0 aliphatic carbocycles. The second kappa shape index (κ2) is 13.8. The first-order chi connectivity index (χ1) is 17.0. The Bertz CT molecular complexity index is 1120. The Balaban J connectivity index is 1.49. The number of carbonyl (C=O) groups is 2. The molecule has 1 amide bonds. The van der Waals surface area contributed by atoms with E-state index >= 15 is 0 Å². The zero-order valence-corrected chi connectivity index (χ0v) is 20.2. The first-order valence-corrected chi connectivity index (χ1v) is 12.1. The quantitative estimate of drug-likeness (QED) is 0.219. The molecule has 0 atom stereocenters. The number of carboxylic acid groups (broad SMARTS) is 1. The molecule has 0 saturated carbocycles. The van der Waals surface area contributed by atoms with Crippen LogP contribution in [0, 0.1) is 0 Å². The van der Waals surface area contributed by atoms with Gasteiger partial charge in [0.05, 0.1) is 12.3 Å². The molecule has 0 unspecified atom stereocenters. The lowest BCUT2D eigenvalue weighted by molar-refractivity contribution is -0.137. The molecule has 35 heavy (non-hydrogen) atoms. The Morgan fingerprint density at radius 1 is 0.829 bits per heavy atom. The first kappa shape index (κ1) is 25.8. The van der Waals surface area contributed by atoms with Crippen LogP contribution < -0.4 is 10.1 Å². The lowest BCUT2D eigenvalue weighted by Gasteiger charge is -2.11. The molecule has 3 aromatic carbocycles. The van der Waals surface area contributed by atoms with Gasteiger partial charge in [-0.3, -0.25) is 9.59 Å². The van der Waals surface area contributed by atoms with Crippen molar-refractivity contribution in [1.29, 1.82) is 0 Å². The summed E-state index contributed by atoms with van der Waals surface area (Å²) in [7, 11) is 0. The van der Waals surface area contributed by atoms with Crippen LogP contribution in [-0.4, -0.2) is 23.6 Å². The van der Waals surface area contributed by atoms with E-state index in [-0.39, 0.29) is 18.9 Å². The number of nitrogens with one attached hydrogen (secondary N) is 1. The van der Waals surface area contributed by atoms with Crippen molar-refractivity contribution in [3.05, 3.63) is 102 Å². The molecule has 0 saturated heterocycles. The number of ether oxygens (including phenoxy) is 1. The third kappa shape index (κ3) is 9.13. The first-order valence-electron chi connectivity index (χ1n) is 12.1. The summed E-state index contributed by atoms with van der Waals surface area (Å²) in [5, 5.41) is 11.6. The van der Waals surface area contributed by atoms with Gasteiger partial charge in [-0.25, -0.2) is 0 Å². The minimum atomic E-state index is -0.855. The van der Waals surface area contributed by atoms with Crippen molar-refractivity contribution in [3.8, 4) is 5.75 Å². The monoisotopic (exact) mass is 471 g/mol. The maximum Gasteiger partial charge on any atom is 0.303 e. The number of benzene rings is 3. The molecule has 0 radical (unpaired) electrons. The molecule has 0 spiro atoms. The predicted octanol–water partition coefficient (Wildman–Crippen LogP) is 6.54. The summed E-state index contributed by atoms with van der Waals surface area (Å²) >= 11 is 0. The van der Waals surface area contributed by atoms with Gasteiger partial charge in [0.25, 0.3) is 0 Å². The van der Waals surface area contributed by atoms with Crippen LogP contribution in [0.2, 0.25) is 0 Å². The Hall–Kier alpha value is -3.86. The number of rotatable bonds is 13. The molecule has 3 rings (SSSR count). The van der Waals surface area contributed by atoms with E-state index in [1.807, 2.05) is 25.1 Å². The summed E-state index contributed by atoms with van der Waals surface area (Å²) in [4.78, 5) is 23.3. The van der Waals surface area contributed by atoms with Crippen LogP contribution in [0.1, 0.15) is 49.3 Å². The average Bonchev–Trinajstić information content (AvgIpc) is 2.86. The highest BCUT2D eigenvalue weighted by Gasteiger charge is 2.08. The lowest BCUT2D eigenvalue weighted by Crippen LogP contribution is -2.11. The van der Waals surface area contributed by atoms with Gasteiger partial charge in [-0.1, -0.05) is 66.7 Å². The van der Waals surface area contributed by atoms with E-state index in [9.17, 15) is 9.59 Å². The standard InChI is InChI=1S/C30H33NO4/c1-23(22-29(32)31-27-14-7-8-15-28(27)35-21-9-16-30(33)34)26-19-17-25(18-20-26)13-6-5-12-24-10-3-2-4-11-24/h2-4,7-8,10-11,14-15,17-20,22H,5-6,9,12-13,16,21H2,1H3,(H,31,32)(H,33,34). The fourth-order valence-corrected chi connectivity index (χ4v) is 3.79. The van der Waals surface area contributed by atoms with E-state index in [0.717, 1.165) is 36.8 Å². The third-order valence-corrected chi connectivity index (χ3v) is 5.72. The van der Waals surface area contributed by atoms with Crippen LogP contribution in [-0.2, 0) is 22.4 Å². The van der Waals surface area contributed by atoms with Crippen molar-refractivity contribution < 1.29 is 19.4 Å². The maximum atomic E-state index is 12.6. The van der Waals surface area contributed by atoms with Crippen molar-refractivity contribution in [1.82, 2.24) is 0 Å². The number of amides is 1. The molecule has 3 aromatic rings. The predicted molar refractivity (Wildman–Crippen MR) is 141 cm³/mol. The van der Waals surface area contributed by atoms with Crippen molar-refractivity contribution in [2.45, 2.75) is 45.4 Å². The summed E-state index contributed by atoms with van der Waals surface area (Å²) in [5.74, 6) is -0.574. The average molecular weight is 472 g/mol. The second-order valence-corrected chi connectivity index (χ2v) is 8.55. The topological polar surface area (TPSA) is 75.6 Å². The fraction of sp³-hybridized carbons (Fsp3) is 0.267. The molecule has 0 heterocycles. The number of hydrogen-bond donors (Lipinski definition) is 2. The minimum absolute atomic E-state index is 0.0446. The van der Waals surface area contributed by atoms with E-state index < -0.39 is 5.97 Å². The number of allylic oxidation sites excluding steroid dienone is 1. The molecule has 182 valence electrons. The van der Waals surface area contributed by atoms with Gasteiger partial charge in [0.1, 0.15) is 5.75 Å². The molecule has 0 bridgehead atoms. The SMILES string of the molecule is CC(=CC(=O)Nc1ccccc1OCCCC(=O)O)c1ccc(CCCCc2ccccc2)cc1. The number of para-hydroxylation sites is 2. The summed E-state index contributed by atoms with van der Waals surface area (Å²) in [6, 6.07) is 26.1. The second-order valence-electron chi connectivity index (χ2n) is 8.55. The van der Waals surface area contributed by atoms with E-state index in [1.165, 1.54) is 11.1 Å². The van der Waals surface area contributed by atoms with Gasteiger partial charge >= 0.3 is 5.97 Å².